The normalized spacial score (nSPS) is 21.8. The van der Waals surface area contributed by atoms with E-state index in [0.717, 1.165) is 5.69 Å². The lowest BCUT2D eigenvalue weighted by Gasteiger charge is -2.32. The zero-order valence-electron chi connectivity index (χ0n) is 13.0. The molecule has 1 aliphatic rings. The van der Waals surface area contributed by atoms with Crippen molar-refractivity contribution < 1.29 is 9.53 Å². The van der Waals surface area contributed by atoms with Crippen LogP contribution in [0.25, 0.3) is 0 Å². The van der Waals surface area contributed by atoms with Crippen molar-refractivity contribution >= 4 is 17.3 Å². The molecular weight excluding hydrogens is 264 g/mol. The quantitative estimate of drug-likeness (QED) is 0.639. The second-order valence-electron chi connectivity index (χ2n) is 5.73. The molecule has 0 aromatic heterocycles. The van der Waals surface area contributed by atoms with Crippen molar-refractivity contribution in [1.82, 2.24) is 0 Å². The summed E-state index contributed by atoms with van der Waals surface area (Å²) in [6.45, 7) is 4.43. The average molecular weight is 290 g/mol. The van der Waals surface area contributed by atoms with Crippen LogP contribution in [0.1, 0.15) is 56.3 Å². The van der Waals surface area contributed by atoms with E-state index in [0.29, 0.717) is 29.8 Å². The Morgan fingerprint density at radius 1 is 1.33 bits per heavy atom. The summed E-state index contributed by atoms with van der Waals surface area (Å²) >= 11 is 0. The van der Waals surface area contributed by atoms with Gasteiger partial charge in [0.15, 0.2) is 0 Å². The Kier molecular flexibility index (Phi) is 5.48. The molecule has 0 spiro atoms. The van der Waals surface area contributed by atoms with Crippen molar-refractivity contribution in [2.45, 2.75) is 52.0 Å². The maximum absolute atomic E-state index is 11.8. The second-order valence-corrected chi connectivity index (χ2v) is 5.73. The van der Waals surface area contributed by atoms with E-state index >= 15 is 0 Å². The fourth-order valence-corrected chi connectivity index (χ4v) is 3.11. The molecule has 0 amide bonds. The van der Waals surface area contributed by atoms with Crippen LogP contribution < -0.4 is 11.1 Å². The maximum Gasteiger partial charge on any atom is 0.338 e. The van der Waals surface area contributed by atoms with Gasteiger partial charge in [-0.05, 0) is 43.9 Å². The number of carbonyl (C=O) groups is 1. The Morgan fingerprint density at radius 2 is 2.10 bits per heavy atom. The van der Waals surface area contributed by atoms with Crippen LogP contribution in [-0.2, 0) is 4.74 Å². The van der Waals surface area contributed by atoms with Crippen LogP contribution in [0, 0.1) is 5.92 Å². The molecule has 0 bridgehead atoms. The fourth-order valence-electron chi connectivity index (χ4n) is 3.11. The molecule has 0 heterocycles. The fraction of sp³-hybridized carbons (Fsp3) is 0.588. The van der Waals surface area contributed by atoms with Crippen molar-refractivity contribution in [2.24, 2.45) is 5.92 Å². The summed E-state index contributed by atoms with van der Waals surface area (Å²) < 4.78 is 5.05. The van der Waals surface area contributed by atoms with E-state index in [-0.39, 0.29) is 5.97 Å². The van der Waals surface area contributed by atoms with Crippen LogP contribution in [-0.4, -0.2) is 18.6 Å². The minimum atomic E-state index is -0.295. The van der Waals surface area contributed by atoms with Gasteiger partial charge in [-0.3, -0.25) is 0 Å². The molecule has 21 heavy (non-hydrogen) atoms. The number of rotatable bonds is 5. The lowest BCUT2D eigenvalue weighted by molar-refractivity contribution is 0.0526. The van der Waals surface area contributed by atoms with Crippen molar-refractivity contribution in [3.63, 3.8) is 0 Å². The van der Waals surface area contributed by atoms with Gasteiger partial charge in [-0.2, -0.15) is 0 Å². The number of nitrogen functional groups attached to an aromatic ring is 1. The van der Waals surface area contributed by atoms with Gasteiger partial charge in [-0.25, -0.2) is 4.79 Å². The number of ether oxygens (including phenoxy) is 1. The zero-order valence-corrected chi connectivity index (χ0v) is 13.0. The smallest absolute Gasteiger partial charge is 0.338 e. The molecule has 1 fully saturated rings. The Balaban J connectivity index is 2.14. The van der Waals surface area contributed by atoms with Crippen molar-refractivity contribution in [1.29, 1.82) is 0 Å². The number of hydrogen-bond acceptors (Lipinski definition) is 4. The molecule has 1 aromatic rings. The number of hydrogen-bond donors (Lipinski definition) is 2. The third-order valence-corrected chi connectivity index (χ3v) is 4.34. The van der Waals surface area contributed by atoms with Crippen molar-refractivity contribution in [3.05, 3.63) is 23.8 Å². The number of nitrogens with two attached hydrogens (primary N) is 1. The van der Waals surface area contributed by atoms with Crippen LogP contribution >= 0.6 is 0 Å². The molecule has 0 radical (unpaired) electrons. The molecule has 116 valence electrons. The van der Waals surface area contributed by atoms with Crippen LogP contribution in [0.4, 0.5) is 11.4 Å². The van der Waals surface area contributed by atoms with Crippen molar-refractivity contribution in [2.75, 3.05) is 17.7 Å². The van der Waals surface area contributed by atoms with Gasteiger partial charge in [-0.15, -0.1) is 0 Å². The summed E-state index contributed by atoms with van der Waals surface area (Å²) in [5.74, 6) is 0.389. The first kappa shape index (κ1) is 15.7. The number of carbonyl (C=O) groups excluding carboxylic acids is 1. The molecule has 1 aromatic carbocycles. The van der Waals surface area contributed by atoms with E-state index in [1.165, 1.54) is 32.1 Å². The first-order valence-electron chi connectivity index (χ1n) is 7.98. The summed E-state index contributed by atoms with van der Waals surface area (Å²) in [5.41, 5.74) is 8.14. The standard InChI is InChI=1S/C17H26N2O2/c1-3-12-7-5-6-8-15(12)19-16-11-13(9-10-14(16)18)17(20)21-4-2/h9-12,15,19H,3-8,18H2,1-2H3. The highest BCUT2D eigenvalue weighted by Gasteiger charge is 2.24. The molecule has 4 nitrogen and oxygen atoms in total. The van der Waals surface area contributed by atoms with Gasteiger partial charge in [-0.1, -0.05) is 26.2 Å². The highest BCUT2D eigenvalue weighted by atomic mass is 16.5. The van der Waals surface area contributed by atoms with Gasteiger partial charge in [0.05, 0.1) is 23.5 Å². The molecule has 1 saturated carbocycles. The molecule has 3 N–H and O–H groups in total. The number of esters is 1. The summed E-state index contributed by atoms with van der Waals surface area (Å²) in [5, 5.41) is 3.55. The minimum absolute atomic E-state index is 0.295. The lowest BCUT2D eigenvalue weighted by atomic mass is 9.82. The van der Waals surface area contributed by atoms with Crippen LogP contribution in [0.3, 0.4) is 0 Å². The number of benzene rings is 1. The van der Waals surface area contributed by atoms with E-state index in [4.69, 9.17) is 10.5 Å². The zero-order chi connectivity index (χ0) is 15.2. The third kappa shape index (κ3) is 3.90. The monoisotopic (exact) mass is 290 g/mol. The van der Waals surface area contributed by atoms with Gasteiger partial charge in [0, 0.05) is 6.04 Å². The van der Waals surface area contributed by atoms with E-state index < -0.39 is 0 Å². The summed E-state index contributed by atoms with van der Waals surface area (Å²) in [6.07, 6.45) is 6.18. The predicted molar refractivity (Wildman–Crippen MR) is 86.5 cm³/mol. The maximum atomic E-state index is 11.8. The van der Waals surface area contributed by atoms with Gasteiger partial charge >= 0.3 is 5.97 Å². The van der Waals surface area contributed by atoms with E-state index in [2.05, 4.69) is 12.2 Å². The first-order chi connectivity index (χ1) is 10.2. The molecule has 4 heteroatoms. The molecule has 2 atom stereocenters. The Hall–Kier alpha value is -1.71. The molecular formula is C17H26N2O2. The van der Waals surface area contributed by atoms with Gasteiger partial charge in [0.25, 0.3) is 0 Å². The average Bonchev–Trinajstić information content (AvgIpc) is 2.50. The summed E-state index contributed by atoms with van der Waals surface area (Å²) in [6, 6.07) is 5.76. The van der Waals surface area contributed by atoms with Crippen molar-refractivity contribution in [3.8, 4) is 0 Å². The van der Waals surface area contributed by atoms with E-state index in [1.54, 1.807) is 12.1 Å². The predicted octanol–water partition coefficient (Wildman–Crippen LogP) is 3.83. The van der Waals surface area contributed by atoms with Crippen LogP contribution in [0.2, 0.25) is 0 Å². The molecule has 0 saturated heterocycles. The van der Waals surface area contributed by atoms with Crippen LogP contribution in [0.5, 0.6) is 0 Å². The van der Waals surface area contributed by atoms with Gasteiger partial charge in [0.1, 0.15) is 0 Å². The number of nitrogens with one attached hydrogen (secondary N) is 1. The lowest BCUT2D eigenvalue weighted by Crippen LogP contribution is -2.32. The molecule has 2 rings (SSSR count). The largest absolute Gasteiger partial charge is 0.462 e. The van der Waals surface area contributed by atoms with Crippen LogP contribution in [0.15, 0.2) is 18.2 Å². The molecule has 1 aliphatic carbocycles. The molecule has 0 aliphatic heterocycles. The Labute approximate surface area is 127 Å². The Morgan fingerprint density at radius 3 is 2.81 bits per heavy atom. The highest BCUT2D eigenvalue weighted by molar-refractivity contribution is 5.92. The Bertz CT molecular complexity index is 488. The molecule has 2 unspecified atom stereocenters. The van der Waals surface area contributed by atoms with E-state index in [9.17, 15) is 4.79 Å². The highest BCUT2D eigenvalue weighted by Crippen LogP contribution is 2.31. The first-order valence-corrected chi connectivity index (χ1v) is 7.98. The summed E-state index contributed by atoms with van der Waals surface area (Å²) in [7, 11) is 0. The summed E-state index contributed by atoms with van der Waals surface area (Å²) in [4.78, 5) is 11.8. The SMILES string of the molecule is CCOC(=O)c1ccc(N)c(NC2CCCCC2CC)c1. The van der Waals surface area contributed by atoms with Gasteiger partial charge < -0.3 is 15.8 Å². The van der Waals surface area contributed by atoms with E-state index in [1.807, 2.05) is 13.0 Å². The number of anilines is 2. The van der Waals surface area contributed by atoms with Gasteiger partial charge in [0.2, 0.25) is 0 Å². The third-order valence-electron chi connectivity index (χ3n) is 4.34. The second kappa shape index (κ2) is 7.34. The topological polar surface area (TPSA) is 64.3 Å². The minimum Gasteiger partial charge on any atom is -0.462 e.